The number of halogens is 2. The normalized spacial score (nSPS) is 11.6. The molecule has 0 aliphatic heterocycles. The van der Waals surface area contributed by atoms with Crippen molar-refractivity contribution < 1.29 is 13.3 Å². The first-order chi connectivity index (χ1) is 15.4. The number of aryl methyl sites for hydroxylation is 1. The van der Waals surface area contributed by atoms with Crippen LogP contribution in [0.1, 0.15) is 40.6 Å². The summed E-state index contributed by atoms with van der Waals surface area (Å²) in [6.07, 6.45) is 3.57. The van der Waals surface area contributed by atoms with E-state index in [9.17, 15) is 8.78 Å². The predicted molar refractivity (Wildman–Crippen MR) is 117 cm³/mol. The number of imidazole rings is 1. The van der Waals surface area contributed by atoms with Crippen molar-refractivity contribution >= 4 is 16.6 Å². The number of hydrogen-bond donors (Lipinski definition) is 0. The molecule has 0 unspecified atom stereocenters. The Morgan fingerprint density at radius 1 is 1.06 bits per heavy atom. The van der Waals surface area contributed by atoms with Crippen molar-refractivity contribution in [1.29, 1.82) is 0 Å². The lowest BCUT2D eigenvalue weighted by Crippen LogP contribution is -2.11. The summed E-state index contributed by atoms with van der Waals surface area (Å²) < 4.78 is 35.4. The summed E-state index contributed by atoms with van der Waals surface area (Å²) in [6.45, 7) is 2.84. The van der Waals surface area contributed by atoms with Gasteiger partial charge in [0.15, 0.2) is 11.2 Å². The molecule has 158 valence electrons. The average molecular weight is 428 g/mol. The van der Waals surface area contributed by atoms with Crippen LogP contribution in [0.5, 0.6) is 0 Å². The van der Waals surface area contributed by atoms with Gasteiger partial charge in [-0.15, -0.1) is 0 Å². The van der Waals surface area contributed by atoms with E-state index < -0.39 is 5.92 Å². The molecule has 0 bridgehead atoms. The Hall–Kier alpha value is -4.05. The van der Waals surface area contributed by atoms with Crippen LogP contribution in [-0.2, 0) is 12.3 Å². The molecule has 0 radical (unpaired) electrons. The Bertz CT molecular complexity index is 1520. The molecule has 2 aromatic carbocycles. The van der Waals surface area contributed by atoms with Crippen LogP contribution in [0.2, 0.25) is 0 Å². The van der Waals surface area contributed by atoms with Crippen molar-refractivity contribution in [1.82, 2.24) is 19.8 Å². The molecule has 5 aromatic rings. The molecule has 7 heteroatoms. The number of alkyl halides is 2. The molecule has 0 aliphatic rings. The fourth-order valence-corrected chi connectivity index (χ4v) is 3.76. The molecule has 3 aromatic heterocycles. The Kier molecular flexibility index (Phi) is 4.71. The zero-order valence-corrected chi connectivity index (χ0v) is 17.4. The monoisotopic (exact) mass is 428 g/mol. The molecule has 0 spiro atoms. The minimum atomic E-state index is -2.94. The summed E-state index contributed by atoms with van der Waals surface area (Å²) in [5.41, 5.74) is 4.61. The van der Waals surface area contributed by atoms with Crippen LogP contribution < -0.4 is 0 Å². The highest BCUT2D eigenvalue weighted by atomic mass is 19.3. The van der Waals surface area contributed by atoms with Crippen LogP contribution in [0.3, 0.4) is 0 Å². The Morgan fingerprint density at radius 2 is 1.91 bits per heavy atom. The van der Waals surface area contributed by atoms with Crippen LogP contribution in [0, 0.1) is 18.8 Å². The quantitative estimate of drug-likeness (QED) is 0.367. The summed E-state index contributed by atoms with van der Waals surface area (Å²) >= 11 is 0. The smallest absolute Gasteiger partial charge is 0.270 e. The third kappa shape index (κ3) is 3.50. The van der Waals surface area contributed by atoms with Gasteiger partial charge in [0.05, 0.1) is 17.5 Å². The summed E-state index contributed by atoms with van der Waals surface area (Å²) in [6, 6.07) is 14.0. The van der Waals surface area contributed by atoms with E-state index in [1.165, 1.54) is 6.07 Å². The fraction of sp³-hybridized carbons (Fsp3) is 0.160. The highest BCUT2D eigenvalue weighted by molar-refractivity contribution is 5.86. The summed E-state index contributed by atoms with van der Waals surface area (Å²) in [5.74, 6) is 3.33. The van der Waals surface area contributed by atoms with Crippen molar-refractivity contribution in [2.45, 2.75) is 26.2 Å². The average Bonchev–Trinajstić information content (AvgIpc) is 3.37. The topological polar surface area (TPSA) is 56.2 Å². The first-order valence-corrected chi connectivity index (χ1v) is 10.1. The van der Waals surface area contributed by atoms with Gasteiger partial charge in [-0.05, 0) is 42.2 Å². The van der Waals surface area contributed by atoms with Gasteiger partial charge in [0, 0.05) is 30.5 Å². The Morgan fingerprint density at radius 3 is 2.75 bits per heavy atom. The predicted octanol–water partition coefficient (Wildman–Crippen LogP) is 5.28. The van der Waals surface area contributed by atoms with Crippen LogP contribution in [-0.4, -0.2) is 19.8 Å². The molecule has 0 saturated heterocycles. The molecule has 0 atom stereocenters. The number of fused-ring (bicyclic) bond motifs is 2. The maximum absolute atomic E-state index is 14.0. The van der Waals surface area contributed by atoms with Gasteiger partial charge >= 0.3 is 0 Å². The molecule has 0 fully saturated rings. The summed E-state index contributed by atoms with van der Waals surface area (Å²) in [7, 11) is 0. The van der Waals surface area contributed by atoms with Gasteiger partial charge in [0.2, 0.25) is 0 Å². The van der Waals surface area contributed by atoms with Gasteiger partial charge in [-0.3, -0.25) is 0 Å². The molecule has 3 heterocycles. The van der Waals surface area contributed by atoms with Gasteiger partial charge in [0.1, 0.15) is 5.69 Å². The number of rotatable bonds is 3. The number of nitrogens with zero attached hydrogens (tertiary/aromatic N) is 4. The summed E-state index contributed by atoms with van der Waals surface area (Å²) in [5, 5.41) is 9.22. The lowest BCUT2D eigenvalue weighted by Gasteiger charge is -2.15. The first-order valence-electron chi connectivity index (χ1n) is 10.1. The Labute approximate surface area is 182 Å². The third-order valence-electron chi connectivity index (χ3n) is 5.37. The second-order valence-corrected chi connectivity index (χ2v) is 7.67. The molecular formula is C25H18F2N4O. The lowest BCUT2D eigenvalue weighted by molar-refractivity contribution is 0.0166. The zero-order valence-electron chi connectivity index (χ0n) is 17.4. The third-order valence-corrected chi connectivity index (χ3v) is 5.37. The van der Waals surface area contributed by atoms with Crippen LogP contribution >= 0.6 is 0 Å². The first kappa shape index (κ1) is 19.9. The standard InChI is InChI=1S/C25H18F2N4O/c1-16-9-11-20-22(14-17-6-3-4-7-21(17)25(2,26)27)30-32-24(20)19(16)12-10-18-15-28-23-8-5-13-29-31(18)23/h3-9,11,13,15H,14H2,1-2H3. The van der Waals surface area contributed by atoms with Gasteiger partial charge in [-0.1, -0.05) is 41.4 Å². The van der Waals surface area contributed by atoms with Crippen LogP contribution in [0.15, 0.2) is 65.4 Å². The van der Waals surface area contributed by atoms with Crippen LogP contribution in [0.25, 0.3) is 16.6 Å². The number of benzene rings is 2. The number of aromatic nitrogens is 4. The lowest BCUT2D eigenvalue weighted by atomic mass is 9.97. The Balaban J connectivity index is 1.56. The fourth-order valence-electron chi connectivity index (χ4n) is 3.76. The molecule has 32 heavy (non-hydrogen) atoms. The maximum atomic E-state index is 14.0. The molecule has 5 rings (SSSR count). The largest absolute Gasteiger partial charge is 0.355 e. The van der Waals surface area contributed by atoms with Gasteiger partial charge < -0.3 is 4.52 Å². The molecule has 0 N–H and O–H groups in total. The summed E-state index contributed by atoms with van der Waals surface area (Å²) in [4.78, 5) is 4.30. The van der Waals surface area contributed by atoms with E-state index >= 15 is 0 Å². The van der Waals surface area contributed by atoms with Gasteiger partial charge in [0.25, 0.3) is 5.92 Å². The molecule has 0 amide bonds. The number of hydrogen-bond acceptors (Lipinski definition) is 4. The SMILES string of the molecule is Cc1ccc2c(Cc3ccccc3C(C)(F)F)noc2c1C#Cc1cnc2cccnn12. The highest BCUT2D eigenvalue weighted by Gasteiger charge is 2.27. The molecule has 5 nitrogen and oxygen atoms in total. The van der Waals surface area contributed by atoms with Gasteiger partial charge in [-0.2, -0.15) is 5.10 Å². The van der Waals surface area contributed by atoms with Crippen molar-refractivity contribution in [3.63, 3.8) is 0 Å². The van der Waals surface area contributed by atoms with Crippen molar-refractivity contribution in [3.8, 4) is 11.8 Å². The van der Waals surface area contributed by atoms with Crippen molar-refractivity contribution in [2.75, 3.05) is 0 Å². The minimum absolute atomic E-state index is 0.0108. The van der Waals surface area contributed by atoms with E-state index in [0.717, 1.165) is 17.9 Å². The second kappa shape index (κ2) is 7.57. The molecule has 0 aliphatic carbocycles. The van der Waals surface area contributed by atoms with E-state index in [2.05, 4.69) is 27.1 Å². The van der Waals surface area contributed by atoms with Crippen LogP contribution in [0.4, 0.5) is 8.78 Å². The van der Waals surface area contributed by atoms with Crippen molar-refractivity contribution in [2.24, 2.45) is 0 Å². The van der Waals surface area contributed by atoms with E-state index in [1.54, 1.807) is 35.1 Å². The maximum Gasteiger partial charge on any atom is 0.270 e. The van der Waals surface area contributed by atoms with E-state index in [4.69, 9.17) is 4.52 Å². The minimum Gasteiger partial charge on any atom is -0.355 e. The van der Waals surface area contributed by atoms with Crippen molar-refractivity contribution in [3.05, 3.63) is 94.6 Å². The van der Waals surface area contributed by atoms with Gasteiger partial charge in [-0.25, -0.2) is 18.3 Å². The molecule has 0 saturated carbocycles. The van der Waals surface area contributed by atoms with E-state index in [0.29, 0.717) is 33.7 Å². The van der Waals surface area contributed by atoms with E-state index in [1.807, 2.05) is 31.2 Å². The highest BCUT2D eigenvalue weighted by Crippen LogP contribution is 2.32. The van der Waals surface area contributed by atoms with E-state index in [-0.39, 0.29) is 12.0 Å². The molecular weight excluding hydrogens is 410 g/mol. The second-order valence-electron chi connectivity index (χ2n) is 7.67. The zero-order chi connectivity index (χ0) is 22.3.